The molecule has 2 N–H and O–H groups in total. The zero-order valence-electron chi connectivity index (χ0n) is 11.6. The minimum Gasteiger partial charge on any atom is -0.342 e. The molecule has 1 saturated heterocycles. The summed E-state index contributed by atoms with van der Waals surface area (Å²) in [6.45, 7) is 10.1. The molecule has 0 spiro atoms. The monoisotopic (exact) mass is 241 g/mol. The van der Waals surface area contributed by atoms with E-state index in [4.69, 9.17) is 5.73 Å². The molecule has 0 bridgehead atoms. The summed E-state index contributed by atoms with van der Waals surface area (Å²) in [7, 11) is 1.93. The smallest absolute Gasteiger partial charge is 0.226 e. The van der Waals surface area contributed by atoms with Crippen molar-refractivity contribution in [3.63, 3.8) is 0 Å². The molecule has 1 aliphatic rings. The molecular weight excluding hydrogens is 214 g/mol. The van der Waals surface area contributed by atoms with Crippen molar-refractivity contribution in [2.45, 2.75) is 33.2 Å². The van der Waals surface area contributed by atoms with Gasteiger partial charge in [0, 0.05) is 38.6 Å². The minimum absolute atomic E-state index is 0.0589. The number of likely N-dealkylation sites (tertiary alicyclic amines) is 1. The Labute approximate surface area is 105 Å². The summed E-state index contributed by atoms with van der Waals surface area (Å²) in [6.07, 6.45) is 1.08. The lowest BCUT2D eigenvalue weighted by atomic mass is 9.92. The van der Waals surface area contributed by atoms with Gasteiger partial charge in [-0.2, -0.15) is 0 Å². The quantitative estimate of drug-likeness (QED) is 0.791. The van der Waals surface area contributed by atoms with Gasteiger partial charge in [-0.15, -0.1) is 0 Å². The Bertz CT molecular complexity index is 257. The molecule has 0 aromatic heterocycles. The molecule has 1 rings (SSSR count). The van der Waals surface area contributed by atoms with Gasteiger partial charge in [-0.1, -0.05) is 20.8 Å². The van der Waals surface area contributed by atoms with Gasteiger partial charge in [-0.05, 0) is 18.9 Å². The molecule has 100 valence electrons. The topological polar surface area (TPSA) is 49.6 Å². The molecule has 1 aliphatic heterocycles. The van der Waals surface area contributed by atoms with Gasteiger partial charge in [0.2, 0.25) is 5.91 Å². The molecular formula is C13H27N3O. The average molecular weight is 241 g/mol. The van der Waals surface area contributed by atoms with Crippen LogP contribution in [-0.2, 0) is 4.79 Å². The zero-order valence-corrected chi connectivity index (χ0v) is 11.6. The van der Waals surface area contributed by atoms with Crippen LogP contribution in [0.25, 0.3) is 0 Å². The highest BCUT2D eigenvalue weighted by atomic mass is 16.2. The maximum atomic E-state index is 12.1. The predicted octanol–water partition coefficient (Wildman–Crippen LogP) is 0.770. The first-order chi connectivity index (χ1) is 8.01. The third-order valence-electron chi connectivity index (χ3n) is 4.01. The second kappa shape index (κ2) is 6.36. The van der Waals surface area contributed by atoms with Crippen LogP contribution in [0.4, 0.5) is 0 Å². The Morgan fingerprint density at radius 1 is 1.59 bits per heavy atom. The highest BCUT2D eigenvalue weighted by molar-refractivity contribution is 5.78. The van der Waals surface area contributed by atoms with Crippen LogP contribution in [0.1, 0.15) is 27.2 Å². The van der Waals surface area contributed by atoms with Crippen molar-refractivity contribution < 1.29 is 4.79 Å². The SMILES string of the molecule is CCN1CCC(N(C)C(=O)C(C)CN)C(C)C1. The summed E-state index contributed by atoms with van der Waals surface area (Å²) >= 11 is 0. The number of rotatable bonds is 4. The molecule has 3 atom stereocenters. The number of hydrogen-bond donors (Lipinski definition) is 1. The molecule has 0 saturated carbocycles. The molecule has 4 heteroatoms. The molecule has 3 unspecified atom stereocenters. The van der Waals surface area contributed by atoms with E-state index in [1.54, 1.807) is 0 Å². The van der Waals surface area contributed by atoms with E-state index in [0.29, 0.717) is 18.5 Å². The molecule has 1 amide bonds. The van der Waals surface area contributed by atoms with Gasteiger partial charge < -0.3 is 15.5 Å². The number of carbonyl (C=O) groups is 1. The fourth-order valence-electron chi connectivity index (χ4n) is 2.69. The molecule has 1 fully saturated rings. The molecule has 0 aromatic rings. The Morgan fingerprint density at radius 2 is 2.24 bits per heavy atom. The van der Waals surface area contributed by atoms with Gasteiger partial charge in [0.25, 0.3) is 0 Å². The summed E-state index contributed by atoms with van der Waals surface area (Å²) in [5.74, 6) is 0.674. The summed E-state index contributed by atoms with van der Waals surface area (Å²) in [5.41, 5.74) is 5.56. The molecule has 0 aliphatic carbocycles. The minimum atomic E-state index is -0.0589. The van der Waals surface area contributed by atoms with Crippen LogP contribution in [0.15, 0.2) is 0 Å². The van der Waals surface area contributed by atoms with Crippen LogP contribution in [-0.4, -0.2) is 55.0 Å². The second-order valence-corrected chi connectivity index (χ2v) is 5.31. The van der Waals surface area contributed by atoms with E-state index in [9.17, 15) is 4.79 Å². The summed E-state index contributed by atoms with van der Waals surface area (Å²) in [5, 5.41) is 0. The van der Waals surface area contributed by atoms with Crippen molar-refractivity contribution in [3.05, 3.63) is 0 Å². The normalized spacial score (nSPS) is 27.8. The lowest BCUT2D eigenvalue weighted by Gasteiger charge is -2.41. The average Bonchev–Trinajstić information content (AvgIpc) is 2.35. The van der Waals surface area contributed by atoms with E-state index in [-0.39, 0.29) is 11.8 Å². The molecule has 4 nitrogen and oxygen atoms in total. The van der Waals surface area contributed by atoms with Crippen molar-refractivity contribution in [3.8, 4) is 0 Å². The zero-order chi connectivity index (χ0) is 13.0. The number of piperidine rings is 1. The van der Waals surface area contributed by atoms with Crippen LogP contribution in [0.2, 0.25) is 0 Å². The van der Waals surface area contributed by atoms with E-state index in [1.807, 2.05) is 18.9 Å². The summed E-state index contributed by atoms with van der Waals surface area (Å²) < 4.78 is 0. The molecule has 1 heterocycles. The fraction of sp³-hybridized carbons (Fsp3) is 0.923. The Balaban J connectivity index is 2.58. The number of nitrogens with zero attached hydrogens (tertiary/aromatic N) is 2. The van der Waals surface area contributed by atoms with Crippen molar-refractivity contribution >= 4 is 5.91 Å². The lowest BCUT2D eigenvalue weighted by molar-refractivity contribution is -0.137. The maximum absolute atomic E-state index is 12.1. The van der Waals surface area contributed by atoms with Gasteiger partial charge in [0.15, 0.2) is 0 Å². The van der Waals surface area contributed by atoms with Crippen LogP contribution in [0, 0.1) is 11.8 Å². The Morgan fingerprint density at radius 3 is 2.71 bits per heavy atom. The number of nitrogens with two attached hydrogens (primary N) is 1. The number of carbonyl (C=O) groups excluding carboxylic acids is 1. The van der Waals surface area contributed by atoms with Crippen LogP contribution < -0.4 is 5.73 Å². The van der Waals surface area contributed by atoms with Crippen LogP contribution in [0.3, 0.4) is 0 Å². The van der Waals surface area contributed by atoms with Gasteiger partial charge in [0.05, 0.1) is 0 Å². The van der Waals surface area contributed by atoms with Crippen LogP contribution >= 0.6 is 0 Å². The van der Waals surface area contributed by atoms with Crippen molar-refractivity contribution in [2.75, 3.05) is 33.2 Å². The third-order valence-corrected chi connectivity index (χ3v) is 4.01. The standard InChI is InChI=1S/C13H27N3O/c1-5-16-7-6-12(11(3)9-16)15(4)13(17)10(2)8-14/h10-12H,5-9,14H2,1-4H3. The van der Waals surface area contributed by atoms with Gasteiger partial charge >= 0.3 is 0 Å². The molecule has 0 aromatic carbocycles. The molecule has 17 heavy (non-hydrogen) atoms. The first-order valence-electron chi connectivity index (χ1n) is 6.70. The highest BCUT2D eigenvalue weighted by Crippen LogP contribution is 2.22. The van der Waals surface area contributed by atoms with E-state index >= 15 is 0 Å². The van der Waals surface area contributed by atoms with Crippen molar-refractivity contribution in [2.24, 2.45) is 17.6 Å². The summed E-state index contributed by atoms with van der Waals surface area (Å²) in [4.78, 5) is 16.5. The Kier molecular flexibility index (Phi) is 5.40. The van der Waals surface area contributed by atoms with E-state index in [0.717, 1.165) is 26.1 Å². The van der Waals surface area contributed by atoms with Crippen molar-refractivity contribution in [1.29, 1.82) is 0 Å². The fourth-order valence-corrected chi connectivity index (χ4v) is 2.69. The first-order valence-corrected chi connectivity index (χ1v) is 6.70. The largest absolute Gasteiger partial charge is 0.342 e. The maximum Gasteiger partial charge on any atom is 0.226 e. The van der Waals surface area contributed by atoms with Crippen molar-refractivity contribution in [1.82, 2.24) is 9.80 Å². The first kappa shape index (κ1) is 14.5. The second-order valence-electron chi connectivity index (χ2n) is 5.31. The Hall–Kier alpha value is -0.610. The number of amides is 1. The predicted molar refractivity (Wildman–Crippen MR) is 70.7 cm³/mol. The highest BCUT2D eigenvalue weighted by Gasteiger charge is 2.31. The lowest BCUT2D eigenvalue weighted by Crippen LogP contribution is -2.52. The van der Waals surface area contributed by atoms with Crippen LogP contribution in [0.5, 0.6) is 0 Å². The third kappa shape index (κ3) is 3.42. The number of hydrogen-bond acceptors (Lipinski definition) is 3. The van der Waals surface area contributed by atoms with E-state index in [1.165, 1.54) is 0 Å². The van der Waals surface area contributed by atoms with E-state index < -0.39 is 0 Å². The van der Waals surface area contributed by atoms with E-state index in [2.05, 4.69) is 18.7 Å². The van der Waals surface area contributed by atoms with Gasteiger partial charge in [-0.3, -0.25) is 4.79 Å². The molecule has 0 radical (unpaired) electrons. The van der Waals surface area contributed by atoms with Gasteiger partial charge in [0.1, 0.15) is 0 Å². The van der Waals surface area contributed by atoms with Gasteiger partial charge in [-0.25, -0.2) is 0 Å². The summed E-state index contributed by atoms with van der Waals surface area (Å²) in [6, 6.07) is 0.374.